The topological polar surface area (TPSA) is 90.4 Å². The van der Waals surface area contributed by atoms with Crippen molar-refractivity contribution < 1.29 is 9.90 Å². The van der Waals surface area contributed by atoms with E-state index in [4.69, 9.17) is 16.1 Å². The van der Waals surface area contributed by atoms with Gasteiger partial charge in [0.25, 0.3) is 0 Å². The monoisotopic (exact) mass is 277 g/mol. The number of benzene rings is 1. The van der Waals surface area contributed by atoms with Gasteiger partial charge in [-0.3, -0.25) is 4.79 Å². The molecule has 0 saturated carbocycles. The van der Waals surface area contributed by atoms with Gasteiger partial charge in [-0.2, -0.15) is 5.26 Å². The van der Waals surface area contributed by atoms with E-state index in [0.717, 1.165) is 25.9 Å². The lowest BCUT2D eigenvalue weighted by molar-refractivity contribution is -0.129. The summed E-state index contributed by atoms with van der Waals surface area (Å²) >= 11 is 0. The second-order valence-corrected chi connectivity index (χ2v) is 4.09. The summed E-state index contributed by atoms with van der Waals surface area (Å²) in [7, 11) is 0. The first-order valence-corrected chi connectivity index (χ1v) is 6.72. The lowest BCUT2D eigenvalue weighted by Crippen LogP contribution is -2.26. The molecular formula is C15H23N3O2. The standard InChI is InChI=1S/C7H10N2O.C6H6.C2H7NO/c8-4-3-7(10)9-5-1-2-6-9;1-2-4-6-5-3-1;3-1-2-4/h1-3,5-6H2;1-6H;4H,1-3H2. The third kappa shape index (κ3) is 10.1. The number of amides is 1. The van der Waals surface area contributed by atoms with E-state index in [1.54, 1.807) is 4.90 Å². The summed E-state index contributed by atoms with van der Waals surface area (Å²) in [6, 6.07) is 13.9. The van der Waals surface area contributed by atoms with Crippen molar-refractivity contribution in [3.8, 4) is 6.07 Å². The third-order valence-corrected chi connectivity index (χ3v) is 2.48. The van der Waals surface area contributed by atoms with Crippen LogP contribution in [0.2, 0.25) is 0 Å². The van der Waals surface area contributed by atoms with Crippen molar-refractivity contribution in [2.75, 3.05) is 26.2 Å². The molecule has 1 heterocycles. The van der Waals surface area contributed by atoms with Crippen LogP contribution in [0.1, 0.15) is 19.3 Å². The fraction of sp³-hybridized carbons (Fsp3) is 0.467. The van der Waals surface area contributed by atoms with E-state index in [-0.39, 0.29) is 18.9 Å². The number of likely N-dealkylation sites (tertiary alicyclic amines) is 1. The Bertz CT molecular complexity index is 342. The number of nitrogens with zero attached hydrogens (tertiary/aromatic N) is 2. The molecule has 2 rings (SSSR count). The first kappa shape index (κ1) is 18.1. The number of aliphatic hydroxyl groups is 1. The molecule has 5 heteroatoms. The van der Waals surface area contributed by atoms with Crippen LogP contribution >= 0.6 is 0 Å². The van der Waals surface area contributed by atoms with Crippen LogP contribution in [0.3, 0.4) is 0 Å². The number of nitrogens with two attached hydrogens (primary N) is 1. The zero-order valence-electron chi connectivity index (χ0n) is 11.7. The maximum absolute atomic E-state index is 10.9. The number of carbonyl (C=O) groups excluding carboxylic acids is 1. The van der Waals surface area contributed by atoms with E-state index >= 15 is 0 Å². The lowest BCUT2D eigenvalue weighted by Gasteiger charge is -2.11. The third-order valence-electron chi connectivity index (χ3n) is 2.48. The number of nitriles is 1. The van der Waals surface area contributed by atoms with Gasteiger partial charge in [-0.15, -0.1) is 0 Å². The zero-order chi connectivity index (χ0) is 15.1. The van der Waals surface area contributed by atoms with Crippen molar-refractivity contribution in [1.82, 2.24) is 4.90 Å². The Labute approximate surface area is 120 Å². The van der Waals surface area contributed by atoms with Gasteiger partial charge < -0.3 is 15.7 Å². The van der Waals surface area contributed by atoms with Gasteiger partial charge in [0, 0.05) is 19.6 Å². The molecule has 0 aromatic heterocycles. The molecular weight excluding hydrogens is 254 g/mol. The van der Waals surface area contributed by atoms with Gasteiger partial charge in [0.05, 0.1) is 12.7 Å². The van der Waals surface area contributed by atoms with Crippen LogP contribution in [0, 0.1) is 11.3 Å². The number of hydrogen-bond donors (Lipinski definition) is 2. The van der Waals surface area contributed by atoms with Crippen LogP contribution in [-0.2, 0) is 4.79 Å². The second-order valence-electron chi connectivity index (χ2n) is 4.09. The molecule has 1 saturated heterocycles. The van der Waals surface area contributed by atoms with E-state index in [1.165, 1.54) is 0 Å². The van der Waals surface area contributed by atoms with E-state index in [9.17, 15) is 4.79 Å². The molecule has 20 heavy (non-hydrogen) atoms. The van der Waals surface area contributed by atoms with Crippen LogP contribution in [0.25, 0.3) is 0 Å². The lowest BCUT2D eigenvalue weighted by atomic mass is 10.4. The predicted molar refractivity (Wildman–Crippen MR) is 78.6 cm³/mol. The molecule has 110 valence electrons. The average Bonchev–Trinajstić information content (AvgIpc) is 3.05. The summed E-state index contributed by atoms with van der Waals surface area (Å²) < 4.78 is 0. The predicted octanol–water partition coefficient (Wildman–Crippen LogP) is 1.15. The van der Waals surface area contributed by atoms with E-state index in [1.807, 2.05) is 42.5 Å². The highest BCUT2D eigenvalue weighted by molar-refractivity contribution is 5.78. The second kappa shape index (κ2) is 13.5. The zero-order valence-corrected chi connectivity index (χ0v) is 11.7. The summed E-state index contributed by atoms with van der Waals surface area (Å²) in [5.74, 6) is -0.0139. The van der Waals surface area contributed by atoms with Gasteiger partial charge in [0.15, 0.2) is 0 Å². The Balaban J connectivity index is 0.000000307. The molecule has 5 nitrogen and oxygen atoms in total. The van der Waals surface area contributed by atoms with Crippen molar-refractivity contribution in [3.05, 3.63) is 36.4 Å². The van der Waals surface area contributed by atoms with E-state index < -0.39 is 0 Å². The highest BCUT2D eigenvalue weighted by Crippen LogP contribution is 2.07. The van der Waals surface area contributed by atoms with Crippen LogP contribution in [0.15, 0.2) is 36.4 Å². The minimum absolute atomic E-state index is 0.0139. The van der Waals surface area contributed by atoms with Crippen LogP contribution < -0.4 is 5.73 Å². The quantitative estimate of drug-likeness (QED) is 0.848. The molecule has 0 spiro atoms. The summed E-state index contributed by atoms with van der Waals surface area (Å²) in [5.41, 5.74) is 4.78. The van der Waals surface area contributed by atoms with E-state index in [0.29, 0.717) is 6.54 Å². The Hall–Kier alpha value is -1.90. The molecule has 3 N–H and O–H groups in total. The highest BCUT2D eigenvalue weighted by Gasteiger charge is 2.16. The minimum atomic E-state index is -0.0139. The molecule has 1 amide bonds. The van der Waals surface area contributed by atoms with Gasteiger partial charge >= 0.3 is 0 Å². The molecule has 1 aromatic carbocycles. The normalized spacial score (nSPS) is 12.3. The van der Waals surface area contributed by atoms with Gasteiger partial charge in [-0.25, -0.2) is 0 Å². The van der Waals surface area contributed by atoms with Crippen LogP contribution in [-0.4, -0.2) is 42.2 Å². The van der Waals surface area contributed by atoms with Crippen LogP contribution in [0.5, 0.6) is 0 Å². The molecule has 1 fully saturated rings. The molecule has 0 atom stereocenters. The maximum atomic E-state index is 10.9. The molecule has 0 radical (unpaired) electrons. The summed E-state index contributed by atoms with van der Waals surface area (Å²) in [5, 5.41) is 15.9. The van der Waals surface area contributed by atoms with E-state index in [2.05, 4.69) is 0 Å². The Kier molecular flexibility index (Phi) is 12.2. The molecule has 0 aliphatic carbocycles. The van der Waals surface area contributed by atoms with Gasteiger partial charge in [-0.05, 0) is 12.8 Å². The first-order valence-electron chi connectivity index (χ1n) is 6.72. The van der Waals surface area contributed by atoms with Crippen molar-refractivity contribution in [1.29, 1.82) is 5.26 Å². The van der Waals surface area contributed by atoms with Crippen molar-refractivity contribution in [2.45, 2.75) is 19.3 Å². The smallest absolute Gasteiger partial charge is 0.236 e. The fourth-order valence-electron chi connectivity index (χ4n) is 1.53. The maximum Gasteiger partial charge on any atom is 0.236 e. The molecule has 1 aromatic rings. The fourth-order valence-corrected chi connectivity index (χ4v) is 1.53. The van der Waals surface area contributed by atoms with Crippen molar-refractivity contribution in [3.63, 3.8) is 0 Å². The highest BCUT2D eigenvalue weighted by atomic mass is 16.3. The molecule has 1 aliphatic heterocycles. The van der Waals surface area contributed by atoms with Crippen molar-refractivity contribution >= 4 is 5.91 Å². The Morgan fingerprint density at radius 3 is 1.85 bits per heavy atom. The van der Waals surface area contributed by atoms with Gasteiger partial charge in [-0.1, -0.05) is 36.4 Å². The summed E-state index contributed by atoms with van der Waals surface area (Å²) in [4.78, 5) is 12.7. The Morgan fingerprint density at radius 2 is 1.55 bits per heavy atom. The van der Waals surface area contributed by atoms with Crippen molar-refractivity contribution in [2.24, 2.45) is 5.73 Å². The first-order chi connectivity index (χ1) is 9.76. The van der Waals surface area contributed by atoms with Gasteiger partial charge in [0.1, 0.15) is 6.42 Å². The number of rotatable bonds is 2. The summed E-state index contributed by atoms with van der Waals surface area (Å²) in [6.07, 6.45) is 2.23. The average molecular weight is 277 g/mol. The molecule has 0 bridgehead atoms. The van der Waals surface area contributed by atoms with Gasteiger partial charge in [0.2, 0.25) is 5.91 Å². The molecule has 0 unspecified atom stereocenters. The SMILES string of the molecule is N#CCC(=O)N1CCCC1.NCCO.c1ccccc1. The van der Waals surface area contributed by atoms with Crippen LogP contribution in [0.4, 0.5) is 0 Å². The number of hydrogen-bond acceptors (Lipinski definition) is 4. The number of carbonyl (C=O) groups is 1. The molecule has 1 aliphatic rings. The largest absolute Gasteiger partial charge is 0.395 e. The minimum Gasteiger partial charge on any atom is -0.395 e. The summed E-state index contributed by atoms with van der Waals surface area (Å²) in [6.45, 7) is 2.17. The Morgan fingerprint density at radius 1 is 1.15 bits per heavy atom. The number of aliphatic hydroxyl groups excluding tert-OH is 1.